The fourth-order valence-corrected chi connectivity index (χ4v) is 2.33. The zero-order valence-electron chi connectivity index (χ0n) is 8.98. The molecule has 0 radical (unpaired) electrons. The summed E-state index contributed by atoms with van der Waals surface area (Å²) in [5.41, 5.74) is 0. The largest absolute Gasteiger partial charge is 0.244 e. The molecule has 0 saturated heterocycles. The first-order valence-electron chi connectivity index (χ1n) is 5.07. The van der Waals surface area contributed by atoms with E-state index in [0.717, 1.165) is 12.4 Å². The SMILES string of the molecule is CCSCCn1cc[n+](CSCC)c1. The zero-order valence-corrected chi connectivity index (χ0v) is 10.6. The second-order valence-electron chi connectivity index (χ2n) is 2.98. The van der Waals surface area contributed by atoms with E-state index >= 15 is 0 Å². The van der Waals surface area contributed by atoms with Gasteiger partial charge in [-0.05, 0) is 11.5 Å². The summed E-state index contributed by atoms with van der Waals surface area (Å²) in [5, 5.41) is 0. The molecule has 0 bridgehead atoms. The van der Waals surface area contributed by atoms with E-state index in [9.17, 15) is 0 Å². The number of nitrogens with zero attached hydrogens (tertiary/aromatic N) is 2. The molecule has 1 heterocycles. The van der Waals surface area contributed by atoms with Gasteiger partial charge in [0, 0.05) is 5.75 Å². The van der Waals surface area contributed by atoms with Crippen LogP contribution in [-0.4, -0.2) is 21.8 Å². The zero-order chi connectivity index (χ0) is 10.2. The summed E-state index contributed by atoms with van der Waals surface area (Å²) < 4.78 is 4.50. The average Bonchev–Trinajstić information content (AvgIpc) is 2.63. The van der Waals surface area contributed by atoms with Crippen LogP contribution in [0.4, 0.5) is 0 Å². The quantitative estimate of drug-likeness (QED) is 0.525. The van der Waals surface area contributed by atoms with Crippen molar-refractivity contribution in [3.8, 4) is 0 Å². The molecule has 0 atom stereocenters. The fourth-order valence-electron chi connectivity index (χ4n) is 1.16. The molecule has 0 N–H and O–H groups in total. The lowest BCUT2D eigenvalue weighted by Crippen LogP contribution is -2.29. The highest BCUT2D eigenvalue weighted by atomic mass is 32.2. The Morgan fingerprint density at radius 3 is 2.71 bits per heavy atom. The van der Waals surface area contributed by atoms with Crippen LogP contribution in [0.5, 0.6) is 0 Å². The Kier molecular flexibility index (Phi) is 6.19. The minimum absolute atomic E-state index is 1.07. The van der Waals surface area contributed by atoms with Crippen molar-refractivity contribution in [3.63, 3.8) is 0 Å². The first-order valence-corrected chi connectivity index (χ1v) is 7.38. The molecule has 0 amide bonds. The number of rotatable bonds is 7. The lowest BCUT2D eigenvalue weighted by atomic mass is 10.7. The van der Waals surface area contributed by atoms with E-state index in [1.165, 1.54) is 17.3 Å². The molecule has 0 unspecified atom stereocenters. The molecule has 14 heavy (non-hydrogen) atoms. The van der Waals surface area contributed by atoms with E-state index in [4.69, 9.17) is 0 Å². The second kappa shape index (κ2) is 7.23. The van der Waals surface area contributed by atoms with Gasteiger partial charge in [-0.2, -0.15) is 11.8 Å². The van der Waals surface area contributed by atoms with Crippen LogP contribution in [0.2, 0.25) is 0 Å². The topological polar surface area (TPSA) is 8.81 Å². The predicted molar refractivity (Wildman–Crippen MR) is 65.8 cm³/mol. The third-order valence-electron chi connectivity index (χ3n) is 1.89. The molecule has 4 heteroatoms. The van der Waals surface area contributed by atoms with Crippen molar-refractivity contribution in [2.75, 3.05) is 17.3 Å². The first kappa shape index (κ1) is 12.0. The molecule has 0 aliphatic carbocycles. The minimum atomic E-state index is 1.07. The molecule has 1 aromatic heterocycles. The summed E-state index contributed by atoms with van der Waals surface area (Å²) in [6.45, 7) is 5.53. The monoisotopic (exact) mass is 231 g/mol. The Morgan fingerprint density at radius 1 is 1.21 bits per heavy atom. The van der Waals surface area contributed by atoms with Crippen LogP contribution in [-0.2, 0) is 12.4 Å². The van der Waals surface area contributed by atoms with Crippen molar-refractivity contribution in [3.05, 3.63) is 18.7 Å². The molecule has 1 aromatic rings. The molecular weight excluding hydrogens is 212 g/mol. The lowest BCUT2D eigenvalue weighted by molar-refractivity contribution is -0.675. The standard InChI is InChI=1S/C10H19N2S2/c1-3-13-8-7-11-5-6-12(9-11)10-14-4-2/h5-6,9H,3-4,7-8,10H2,1-2H3/q+1. The number of aromatic nitrogens is 2. The van der Waals surface area contributed by atoms with Crippen LogP contribution in [0.25, 0.3) is 0 Å². The van der Waals surface area contributed by atoms with E-state index in [1.807, 2.05) is 23.5 Å². The number of hydrogen-bond acceptors (Lipinski definition) is 2. The maximum atomic E-state index is 2.26. The van der Waals surface area contributed by atoms with E-state index in [-0.39, 0.29) is 0 Å². The van der Waals surface area contributed by atoms with Gasteiger partial charge in [0.05, 0.1) is 6.54 Å². The highest BCUT2D eigenvalue weighted by Crippen LogP contribution is 2.00. The van der Waals surface area contributed by atoms with Crippen LogP contribution in [0.3, 0.4) is 0 Å². The van der Waals surface area contributed by atoms with Crippen molar-refractivity contribution < 1.29 is 4.57 Å². The third kappa shape index (κ3) is 4.42. The Hall–Kier alpha value is -0.0900. The average molecular weight is 231 g/mol. The van der Waals surface area contributed by atoms with Gasteiger partial charge >= 0.3 is 0 Å². The van der Waals surface area contributed by atoms with E-state index in [1.54, 1.807) is 0 Å². The number of aryl methyl sites for hydroxylation is 1. The maximum Gasteiger partial charge on any atom is 0.244 e. The van der Waals surface area contributed by atoms with Gasteiger partial charge in [-0.1, -0.05) is 13.8 Å². The Morgan fingerprint density at radius 2 is 2.00 bits per heavy atom. The van der Waals surface area contributed by atoms with Crippen molar-refractivity contribution in [1.29, 1.82) is 0 Å². The Balaban J connectivity index is 2.27. The highest BCUT2D eigenvalue weighted by Gasteiger charge is 2.02. The van der Waals surface area contributed by atoms with Gasteiger partial charge in [-0.25, -0.2) is 9.13 Å². The molecule has 2 nitrogen and oxygen atoms in total. The van der Waals surface area contributed by atoms with Crippen molar-refractivity contribution in [1.82, 2.24) is 4.57 Å². The smallest absolute Gasteiger partial charge is 0.236 e. The van der Waals surface area contributed by atoms with Gasteiger partial charge in [-0.15, -0.1) is 11.8 Å². The highest BCUT2D eigenvalue weighted by molar-refractivity contribution is 7.99. The maximum absolute atomic E-state index is 2.26. The van der Waals surface area contributed by atoms with Crippen LogP contribution >= 0.6 is 23.5 Å². The number of hydrogen-bond donors (Lipinski definition) is 0. The van der Waals surface area contributed by atoms with Gasteiger partial charge in [0.25, 0.3) is 0 Å². The van der Waals surface area contributed by atoms with E-state index in [0.29, 0.717) is 0 Å². The van der Waals surface area contributed by atoms with Crippen LogP contribution in [0, 0.1) is 0 Å². The van der Waals surface area contributed by atoms with Crippen molar-refractivity contribution in [2.24, 2.45) is 0 Å². The minimum Gasteiger partial charge on any atom is -0.236 e. The molecule has 0 fully saturated rings. The fraction of sp³-hybridized carbons (Fsp3) is 0.700. The normalized spacial score (nSPS) is 10.7. The van der Waals surface area contributed by atoms with Gasteiger partial charge in [0.1, 0.15) is 18.3 Å². The molecular formula is C10H19N2S2+. The molecule has 0 spiro atoms. The predicted octanol–water partition coefficient (Wildman–Crippen LogP) is 2.24. The molecule has 80 valence electrons. The third-order valence-corrected chi connectivity index (χ3v) is 3.66. The van der Waals surface area contributed by atoms with Crippen molar-refractivity contribution >= 4 is 23.5 Å². The molecule has 1 rings (SSSR count). The molecule has 0 aromatic carbocycles. The van der Waals surface area contributed by atoms with E-state index in [2.05, 4.69) is 41.7 Å². The number of imidazole rings is 1. The molecule has 0 aliphatic rings. The first-order chi connectivity index (χ1) is 6.86. The molecule has 0 saturated carbocycles. The van der Waals surface area contributed by atoms with Gasteiger partial charge < -0.3 is 0 Å². The summed E-state index contributed by atoms with van der Waals surface area (Å²) in [5.74, 6) is 4.69. The Labute approximate surface area is 95.1 Å². The summed E-state index contributed by atoms with van der Waals surface area (Å²) in [6, 6.07) is 0. The summed E-state index contributed by atoms with van der Waals surface area (Å²) >= 11 is 3.94. The van der Waals surface area contributed by atoms with Crippen LogP contribution < -0.4 is 4.57 Å². The van der Waals surface area contributed by atoms with Crippen LogP contribution in [0.15, 0.2) is 18.7 Å². The van der Waals surface area contributed by atoms with Crippen LogP contribution in [0.1, 0.15) is 13.8 Å². The van der Waals surface area contributed by atoms with Crippen molar-refractivity contribution in [2.45, 2.75) is 26.3 Å². The molecule has 0 aliphatic heterocycles. The van der Waals surface area contributed by atoms with Gasteiger partial charge in [0.2, 0.25) is 6.33 Å². The summed E-state index contributed by atoms with van der Waals surface area (Å²) in [4.78, 5) is 0. The Bertz CT molecular complexity index is 248. The lowest BCUT2D eigenvalue weighted by Gasteiger charge is -1.95. The summed E-state index contributed by atoms with van der Waals surface area (Å²) in [7, 11) is 0. The van der Waals surface area contributed by atoms with Gasteiger partial charge in [0.15, 0.2) is 0 Å². The van der Waals surface area contributed by atoms with E-state index < -0.39 is 0 Å². The van der Waals surface area contributed by atoms with Gasteiger partial charge in [-0.3, -0.25) is 0 Å². The number of thioether (sulfide) groups is 2. The summed E-state index contributed by atoms with van der Waals surface area (Å²) in [6.07, 6.45) is 6.50. The second-order valence-corrected chi connectivity index (χ2v) is 5.62.